The highest BCUT2D eigenvalue weighted by atomic mass is 16.2. The molecule has 6 nitrogen and oxygen atoms in total. The summed E-state index contributed by atoms with van der Waals surface area (Å²) in [5.41, 5.74) is 2.89. The first-order valence-electron chi connectivity index (χ1n) is 10.3. The second kappa shape index (κ2) is 11.8. The minimum atomic E-state index is -0.187. The molecule has 0 saturated heterocycles. The van der Waals surface area contributed by atoms with E-state index in [1.54, 1.807) is 18.5 Å². The van der Waals surface area contributed by atoms with E-state index in [1.807, 2.05) is 43.3 Å². The van der Waals surface area contributed by atoms with Crippen LogP contribution in [0.4, 0.5) is 11.4 Å². The number of anilines is 2. The summed E-state index contributed by atoms with van der Waals surface area (Å²) in [6, 6.07) is 9.18. The highest BCUT2D eigenvalue weighted by Gasteiger charge is 2.15. The van der Waals surface area contributed by atoms with E-state index in [9.17, 15) is 9.59 Å². The zero-order valence-electron chi connectivity index (χ0n) is 17.7. The lowest BCUT2D eigenvalue weighted by Crippen LogP contribution is -2.25. The molecule has 1 heterocycles. The highest BCUT2D eigenvalue weighted by Crippen LogP contribution is 2.23. The van der Waals surface area contributed by atoms with Gasteiger partial charge >= 0.3 is 0 Å². The van der Waals surface area contributed by atoms with Crippen LogP contribution in [-0.4, -0.2) is 30.9 Å². The third-order valence-electron chi connectivity index (χ3n) is 4.69. The first-order chi connectivity index (χ1) is 14.0. The number of nitrogens with zero attached hydrogens (tertiary/aromatic N) is 2. The number of unbranched alkanes of at least 4 members (excludes halogenated alkanes) is 4. The van der Waals surface area contributed by atoms with Crippen LogP contribution in [0.3, 0.4) is 0 Å². The first kappa shape index (κ1) is 22.4. The lowest BCUT2D eigenvalue weighted by molar-refractivity contribution is -0.116. The quantitative estimate of drug-likeness (QED) is 0.553. The fourth-order valence-electron chi connectivity index (χ4n) is 3.08. The number of rotatable bonds is 11. The molecular weight excluding hydrogens is 364 g/mol. The van der Waals surface area contributed by atoms with Crippen molar-refractivity contribution in [2.24, 2.45) is 0 Å². The van der Waals surface area contributed by atoms with Gasteiger partial charge in [0.05, 0.1) is 5.56 Å². The summed E-state index contributed by atoms with van der Waals surface area (Å²) in [5, 5.41) is 5.85. The molecule has 1 aromatic heterocycles. The summed E-state index contributed by atoms with van der Waals surface area (Å²) < 4.78 is 0. The van der Waals surface area contributed by atoms with Gasteiger partial charge in [-0.1, -0.05) is 38.7 Å². The van der Waals surface area contributed by atoms with E-state index >= 15 is 0 Å². The predicted molar refractivity (Wildman–Crippen MR) is 118 cm³/mol. The molecule has 2 N–H and O–H groups in total. The van der Waals surface area contributed by atoms with Crippen molar-refractivity contribution in [3.8, 4) is 0 Å². The zero-order valence-corrected chi connectivity index (χ0v) is 17.7. The largest absolute Gasteiger partial charge is 0.377 e. The fourth-order valence-corrected chi connectivity index (χ4v) is 3.08. The Kier molecular flexibility index (Phi) is 9.15. The number of amides is 2. The topological polar surface area (TPSA) is 74.3 Å². The molecule has 0 aliphatic heterocycles. The predicted octanol–water partition coefficient (Wildman–Crippen LogP) is 4.38. The Hall–Kier alpha value is -2.89. The molecule has 0 bridgehead atoms. The van der Waals surface area contributed by atoms with Crippen molar-refractivity contribution < 1.29 is 9.59 Å². The number of hydrogen-bond donors (Lipinski definition) is 2. The summed E-state index contributed by atoms with van der Waals surface area (Å²) in [7, 11) is 3.78. The Bertz CT molecular complexity index is 791. The minimum absolute atomic E-state index is 0.0131. The van der Waals surface area contributed by atoms with Gasteiger partial charge < -0.3 is 15.5 Å². The van der Waals surface area contributed by atoms with Gasteiger partial charge in [0.25, 0.3) is 5.91 Å². The Balaban J connectivity index is 2.00. The highest BCUT2D eigenvalue weighted by molar-refractivity contribution is 6.02. The lowest BCUT2D eigenvalue weighted by atomic mass is 10.1. The number of aromatic nitrogens is 1. The SMILES string of the molecule is CCCCCCCC(=O)Nc1ccc(N(C)C)c(C(=O)NCc2cccnc2)c1. The second-order valence-corrected chi connectivity index (χ2v) is 7.38. The molecule has 0 fully saturated rings. The fraction of sp³-hybridized carbons (Fsp3) is 0.435. The normalized spacial score (nSPS) is 10.4. The molecule has 29 heavy (non-hydrogen) atoms. The Labute approximate surface area is 173 Å². The molecule has 2 aromatic rings. The number of carbonyl (C=O) groups excluding carboxylic acids is 2. The molecule has 0 atom stereocenters. The summed E-state index contributed by atoms with van der Waals surface area (Å²) in [5.74, 6) is -0.200. The van der Waals surface area contributed by atoms with Gasteiger partial charge in [0.15, 0.2) is 0 Å². The van der Waals surface area contributed by atoms with Crippen molar-refractivity contribution in [1.82, 2.24) is 10.3 Å². The maximum atomic E-state index is 12.8. The van der Waals surface area contributed by atoms with Gasteiger partial charge in [0, 0.05) is 50.8 Å². The van der Waals surface area contributed by atoms with Gasteiger partial charge in [-0.05, 0) is 36.2 Å². The van der Waals surface area contributed by atoms with E-state index in [4.69, 9.17) is 0 Å². The summed E-state index contributed by atoms with van der Waals surface area (Å²) in [6.07, 6.45) is 9.46. The molecule has 0 saturated carbocycles. The monoisotopic (exact) mass is 396 g/mol. The molecule has 0 spiro atoms. The van der Waals surface area contributed by atoms with Crippen molar-refractivity contribution in [3.63, 3.8) is 0 Å². The number of hydrogen-bond acceptors (Lipinski definition) is 4. The van der Waals surface area contributed by atoms with Crippen LogP contribution in [-0.2, 0) is 11.3 Å². The van der Waals surface area contributed by atoms with Crippen LogP contribution in [0.25, 0.3) is 0 Å². The maximum absolute atomic E-state index is 12.8. The average Bonchev–Trinajstić information content (AvgIpc) is 2.72. The summed E-state index contributed by atoms with van der Waals surface area (Å²) in [6.45, 7) is 2.57. The van der Waals surface area contributed by atoms with Crippen molar-refractivity contribution in [3.05, 3.63) is 53.9 Å². The molecule has 1 aromatic carbocycles. The van der Waals surface area contributed by atoms with Crippen LogP contribution in [0.15, 0.2) is 42.7 Å². The van der Waals surface area contributed by atoms with Crippen molar-refractivity contribution >= 4 is 23.2 Å². The van der Waals surface area contributed by atoms with Crippen LogP contribution in [0.1, 0.15) is 61.4 Å². The minimum Gasteiger partial charge on any atom is -0.377 e. The number of pyridine rings is 1. The van der Waals surface area contributed by atoms with Crippen LogP contribution in [0.2, 0.25) is 0 Å². The average molecular weight is 397 g/mol. The van der Waals surface area contributed by atoms with Gasteiger partial charge in [-0.15, -0.1) is 0 Å². The Morgan fingerprint density at radius 3 is 2.55 bits per heavy atom. The van der Waals surface area contributed by atoms with E-state index in [0.717, 1.165) is 24.1 Å². The molecule has 0 aliphatic carbocycles. The van der Waals surface area contributed by atoms with Gasteiger partial charge in [0.2, 0.25) is 5.91 Å². The van der Waals surface area contributed by atoms with Crippen LogP contribution in [0.5, 0.6) is 0 Å². The first-order valence-corrected chi connectivity index (χ1v) is 10.3. The third-order valence-corrected chi connectivity index (χ3v) is 4.69. The van der Waals surface area contributed by atoms with Crippen molar-refractivity contribution in [2.75, 3.05) is 24.3 Å². The zero-order chi connectivity index (χ0) is 21.1. The number of benzene rings is 1. The van der Waals surface area contributed by atoms with Crippen molar-refractivity contribution in [2.45, 2.75) is 52.0 Å². The smallest absolute Gasteiger partial charge is 0.253 e. The van der Waals surface area contributed by atoms with E-state index in [1.165, 1.54) is 19.3 Å². The molecular formula is C23H32N4O2. The second-order valence-electron chi connectivity index (χ2n) is 7.38. The van der Waals surface area contributed by atoms with Crippen LogP contribution >= 0.6 is 0 Å². The van der Waals surface area contributed by atoms with E-state index < -0.39 is 0 Å². The molecule has 156 valence electrons. The van der Waals surface area contributed by atoms with Crippen LogP contribution in [0, 0.1) is 0 Å². The van der Waals surface area contributed by atoms with Gasteiger partial charge in [-0.2, -0.15) is 0 Å². The van der Waals surface area contributed by atoms with Gasteiger partial charge in [-0.3, -0.25) is 14.6 Å². The van der Waals surface area contributed by atoms with E-state index in [-0.39, 0.29) is 11.8 Å². The van der Waals surface area contributed by atoms with E-state index in [2.05, 4.69) is 22.5 Å². The van der Waals surface area contributed by atoms with Gasteiger partial charge in [0.1, 0.15) is 0 Å². The van der Waals surface area contributed by atoms with Crippen molar-refractivity contribution in [1.29, 1.82) is 0 Å². The lowest BCUT2D eigenvalue weighted by Gasteiger charge is -2.18. The van der Waals surface area contributed by atoms with Crippen LogP contribution < -0.4 is 15.5 Å². The molecule has 6 heteroatoms. The Morgan fingerprint density at radius 1 is 1.07 bits per heavy atom. The molecule has 0 radical (unpaired) electrons. The standard InChI is InChI=1S/C23H32N4O2/c1-4-5-6-7-8-11-22(28)26-19-12-13-21(27(2)3)20(15-19)23(29)25-17-18-10-9-14-24-16-18/h9-10,12-16H,4-8,11,17H2,1-3H3,(H,25,29)(H,26,28). The van der Waals surface area contributed by atoms with E-state index in [0.29, 0.717) is 24.2 Å². The Morgan fingerprint density at radius 2 is 1.86 bits per heavy atom. The molecule has 2 rings (SSSR count). The summed E-state index contributed by atoms with van der Waals surface area (Å²) in [4.78, 5) is 31.0. The van der Waals surface area contributed by atoms with Gasteiger partial charge in [-0.25, -0.2) is 0 Å². The number of nitrogens with one attached hydrogen (secondary N) is 2. The molecule has 0 aliphatic rings. The number of carbonyl (C=O) groups is 2. The molecule has 2 amide bonds. The molecule has 0 unspecified atom stereocenters. The third kappa shape index (κ3) is 7.56. The summed E-state index contributed by atoms with van der Waals surface area (Å²) >= 11 is 0. The maximum Gasteiger partial charge on any atom is 0.253 e.